The summed E-state index contributed by atoms with van der Waals surface area (Å²) in [5.41, 5.74) is 1.26. The van der Waals surface area contributed by atoms with Crippen LogP contribution in [-0.4, -0.2) is 67.4 Å². The predicted octanol–water partition coefficient (Wildman–Crippen LogP) is 1.89. The van der Waals surface area contributed by atoms with E-state index >= 15 is 0 Å². The lowest BCUT2D eigenvalue weighted by Gasteiger charge is -2.30. The molecular weight excluding hydrogens is 332 g/mol. The molecule has 0 N–H and O–H groups in total. The van der Waals surface area contributed by atoms with Gasteiger partial charge in [-0.2, -0.15) is 5.10 Å². The topological polar surface area (TPSA) is 67.3 Å². The number of piperazine rings is 1. The van der Waals surface area contributed by atoms with Crippen LogP contribution in [0.2, 0.25) is 0 Å². The fourth-order valence-electron chi connectivity index (χ4n) is 2.55. The van der Waals surface area contributed by atoms with Crippen LogP contribution in [0.3, 0.4) is 0 Å². The molecule has 1 aromatic carbocycles. The predicted molar refractivity (Wildman–Crippen MR) is 98.9 cm³/mol. The first-order chi connectivity index (χ1) is 12.7. The first-order valence-electron chi connectivity index (χ1n) is 8.43. The maximum atomic E-state index is 12.2. The van der Waals surface area contributed by atoms with Gasteiger partial charge in [-0.1, -0.05) is 0 Å². The molecule has 0 amide bonds. The minimum atomic E-state index is -0.477. The molecule has 1 aromatic heterocycles. The number of ether oxygens (including phenoxy) is 2. The van der Waals surface area contributed by atoms with E-state index in [1.165, 1.54) is 13.3 Å². The Morgan fingerprint density at radius 2 is 2.00 bits per heavy atom. The van der Waals surface area contributed by atoms with Gasteiger partial charge in [0.25, 0.3) is 0 Å². The standard InChI is InChI=1S/C19H22N4O3/c1-22-8-10-23(11-9-22)21-13-15-5-6-17(18(12-15)25-2)26-19(24)16-4-3-7-20-14-16/h3-7,12-14H,8-11H2,1-2H3/b21-13-. The minimum Gasteiger partial charge on any atom is -0.493 e. The lowest BCUT2D eigenvalue weighted by Crippen LogP contribution is -2.41. The third-order valence-electron chi connectivity index (χ3n) is 4.14. The number of carbonyl (C=O) groups excluding carboxylic acids is 1. The fourth-order valence-corrected chi connectivity index (χ4v) is 2.55. The fraction of sp³-hybridized carbons (Fsp3) is 0.316. The molecule has 1 aliphatic rings. The number of rotatable bonds is 5. The number of nitrogens with zero attached hydrogens (tertiary/aromatic N) is 4. The van der Waals surface area contributed by atoms with Gasteiger partial charge in [-0.3, -0.25) is 9.99 Å². The van der Waals surface area contributed by atoms with Crippen molar-refractivity contribution in [3.05, 3.63) is 53.9 Å². The molecule has 3 rings (SSSR count). The number of pyridine rings is 1. The first-order valence-corrected chi connectivity index (χ1v) is 8.43. The third-order valence-corrected chi connectivity index (χ3v) is 4.14. The van der Waals surface area contributed by atoms with E-state index < -0.39 is 5.97 Å². The van der Waals surface area contributed by atoms with Gasteiger partial charge < -0.3 is 14.4 Å². The number of carbonyl (C=O) groups is 1. The first kappa shape index (κ1) is 17.9. The van der Waals surface area contributed by atoms with E-state index in [0.717, 1.165) is 31.7 Å². The van der Waals surface area contributed by atoms with Gasteiger partial charge in [-0.15, -0.1) is 0 Å². The Hall–Kier alpha value is -2.93. The maximum Gasteiger partial charge on any atom is 0.345 e. The van der Waals surface area contributed by atoms with Crippen LogP contribution in [0.4, 0.5) is 0 Å². The largest absolute Gasteiger partial charge is 0.493 e. The zero-order valence-corrected chi connectivity index (χ0v) is 15.0. The molecule has 0 aliphatic carbocycles. The second kappa shape index (κ2) is 8.44. The molecule has 26 heavy (non-hydrogen) atoms. The number of aromatic nitrogens is 1. The van der Waals surface area contributed by atoms with E-state index in [4.69, 9.17) is 9.47 Å². The van der Waals surface area contributed by atoms with Gasteiger partial charge in [0.2, 0.25) is 0 Å². The SMILES string of the molecule is COc1cc(/C=N\N2CCN(C)CC2)ccc1OC(=O)c1cccnc1. The van der Waals surface area contributed by atoms with E-state index in [2.05, 4.69) is 22.0 Å². The van der Waals surface area contributed by atoms with Gasteiger partial charge in [0.15, 0.2) is 11.5 Å². The van der Waals surface area contributed by atoms with Crippen LogP contribution in [0.1, 0.15) is 15.9 Å². The quantitative estimate of drug-likeness (QED) is 0.464. The van der Waals surface area contributed by atoms with E-state index in [1.807, 2.05) is 11.1 Å². The van der Waals surface area contributed by atoms with E-state index in [0.29, 0.717) is 17.1 Å². The average Bonchev–Trinajstić information content (AvgIpc) is 2.69. The highest BCUT2D eigenvalue weighted by Crippen LogP contribution is 2.28. The number of methoxy groups -OCH3 is 1. The lowest BCUT2D eigenvalue weighted by atomic mass is 10.2. The molecule has 2 aromatic rings. The van der Waals surface area contributed by atoms with Crippen molar-refractivity contribution in [3.63, 3.8) is 0 Å². The van der Waals surface area contributed by atoms with Crippen LogP contribution in [0.25, 0.3) is 0 Å². The molecule has 0 saturated carbocycles. The molecular formula is C19H22N4O3. The lowest BCUT2D eigenvalue weighted by molar-refractivity contribution is 0.0729. The minimum absolute atomic E-state index is 0.359. The molecule has 0 radical (unpaired) electrons. The molecule has 1 aliphatic heterocycles. The van der Waals surface area contributed by atoms with Crippen molar-refractivity contribution < 1.29 is 14.3 Å². The Kier molecular flexibility index (Phi) is 5.80. The summed E-state index contributed by atoms with van der Waals surface area (Å²) in [6.45, 7) is 3.82. The van der Waals surface area contributed by atoms with E-state index in [1.54, 1.807) is 36.7 Å². The van der Waals surface area contributed by atoms with Gasteiger partial charge >= 0.3 is 5.97 Å². The Morgan fingerprint density at radius 1 is 1.19 bits per heavy atom. The second-order valence-electron chi connectivity index (χ2n) is 6.04. The van der Waals surface area contributed by atoms with Crippen LogP contribution < -0.4 is 9.47 Å². The highest BCUT2D eigenvalue weighted by atomic mass is 16.6. The van der Waals surface area contributed by atoms with E-state index in [-0.39, 0.29) is 0 Å². The molecule has 2 heterocycles. The van der Waals surface area contributed by atoms with Gasteiger partial charge in [0, 0.05) is 38.6 Å². The molecule has 0 bridgehead atoms. The summed E-state index contributed by atoms with van der Waals surface area (Å²) in [5.74, 6) is 0.359. The summed E-state index contributed by atoms with van der Waals surface area (Å²) < 4.78 is 10.8. The summed E-state index contributed by atoms with van der Waals surface area (Å²) in [5, 5.41) is 6.56. The number of esters is 1. The summed E-state index contributed by atoms with van der Waals surface area (Å²) in [4.78, 5) is 18.4. The molecule has 1 fully saturated rings. The smallest absolute Gasteiger partial charge is 0.345 e. The van der Waals surface area contributed by atoms with Crippen LogP contribution in [0.5, 0.6) is 11.5 Å². The van der Waals surface area contributed by atoms with Crippen LogP contribution >= 0.6 is 0 Å². The molecule has 0 atom stereocenters. The molecule has 136 valence electrons. The van der Waals surface area contributed by atoms with Crippen molar-refractivity contribution in [2.24, 2.45) is 5.10 Å². The number of hydrogen-bond acceptors (Lipinski definition) is 7. The van der Waals surface area contributed by atoms with Gasteiger partial charge in [-0.25, -0.2) is 4.79 Å². The van der Waals surface area contributed by atoms with Crippen molar-refractivity contribution in [1.82, 2.24) is 14.9 Å². The highest BCUT2D eigenvalue weighted by molar-refractivity contribution is 5.91. The van der Waals surface area contributed by atoms with Gasteiger partial charge in [0.1, 0.15) is 0 Å². The average molecular weight is 354 g/mol. The monoisotopic (exact) mass is 354 g/mol. The highest BCUT2D eigenvalue weighted by Gasteiger charge is 2.13. The summed E-state index contributed by atoms with van der Waals surface area (Å²) >= 11 is 0. The molecule has 0 unspecified atom stereocenters. The molecule has 7 nitrogen and oxygen atoms in total. The van der Waals surface area contributed by atoms with Crippen molar-refractivity contribution in [2.75, 3.05) is 40.3 Å². The number of likely N-dealkylation sites (N-methyl/N-ethyl adjacent to an activating group) is 1. The normalized spacial score (nSPS) is 15.2. The molecule has 0 spiro atoms. The Morgan fingerprint density at radius 3 is 2.69 bits per heavy atom. The summed E-state index contributed by atoms with van der Waals surface area (Å²) in [6, 6.07) is 8.68. The summed E-state index contributed by atoms with van der Waals surface area (Å²) in [7, 11) is 3.65. The van der Waals surface area contributed by atoms with Gasteiger partial charge in [0.05, 0.1) is 18.9 Å². The third kappa shape index (κ3) is 4.58. The van der Waals surface area contributed by atoms with E-state index in [9.17, 15) is 4.79 Å². The second-order valence-corrected chi connectivity index (χ2v) is 6.04. The van der Waals surface area contributed by atoms with Crippen molar-refractivity contribution in [1.29, 1.82) is 0 Å². The Bertz CT molecular complexity index is 772. The van der Waals surface area contributed by atoms with Crippen molar-refractivity contribution in [3.8, 4) is 11.5 Å². The number of hydrazone groups is 1. The zero-order valence-electron chi connectivity index (χ0n) is 15.0. The van der Waals surface area contributed by atoms with Crippen LogP contribution in [0, 0.1) is 0 Å². The van der Waals surface area contributed by atoms with Gasteiger partial charge in [-0.05, 0) is 42.9 Å². The van der Waals surface area contributed by atoms with Crippen LogP contribution in [0.15, 0.2) is 47.8 Å². The Labute approximate surface area is 152 Å². The zero-order chi connectivity index (χ0) is 18.4. The molecule has 7 heteroatoms. The Balaban J connectivity index is 1.68. The van der Waals surface area contributed by atoms with Crippen molar-refractivity contribution >= 4 is 12.2 Å². The number of hydrogen-bond donors (Lipinski definition) is 0. The summed E-state index contributed by atoms with van der Waals surface area (Å²) in [6.07, 6.45) is 4.86. The van der Waals surface area contributed by atoms with Crippen LogP contribution in [-0.2, 0) is 0 Å². The molecule has 1 saturated heterocycles. The van der Waals surface area contributed by atoms with Crippen molar-refractivity contribution in [2.45, 2.75) is 0 Å². The number of benzene rings is 1. The maximum absolute atomic E-state index is 12.2.